The zero-order valence-corrected chi connectivity index (χ0v) is 9.40. The zero-order chi connectivity index (χ0) is 12.0. The fraction of sp³-hybridized carbons (Fsp3) is 0.583. The van der Waals surface area contributed by atoms with Crippen molar-refractivity contribution in [3.8, 4) is 0 Å². The molecule has 0 bridgehead atoms. The predicted molar refractivity (Wildman–Crippen MR) is 56.2 cm³/mol. The van der Waals surface area contributed by atoms with Crippen LogP contribution in [0.2, 0.25) is 0 Å². The minimum absolute atomic E-state index is 0.117. The van der Waals surface area contributed by atoms with Gasteiger partial charge >= 0.3 is 5.97 Å². The van der Waals surface area contributed by atoms with Crippen LogP contribution in [0.25, 0.3) is 0 Å². The molecule has 1 saturated carbocycles. The molecule has 17 heavy (non-hydrogen) atoms. The Balaban J connectivity index is 1.77. The van der Waals surface area contributed by atoms with Crippen LogP contribution in [0.1, 0.15) is 38.5 Å². The van der Waals surface area contributed by atoms with Gasteiger partial charge in [0.15, 0.2) is 0 Å². The summed E-state index contributed by atoms with van der Waals surface area (Å²) in [6, 6.07) is 0. The molecule has 1 fully saturated rings. The lowest BCUT2D eigenvalue weighted by Crippen LogP contribution is -2.34. The predicted octanol–water partition coefficient (Wildman–Crippen LogP) is 1.09. The van der Waals surface area contributed by atoms with Crippen molar-refractivity contribution in [3.05, 3.63) is 11.1 Å². The minimum Gasteiger partial charge on any atom is -0.329 e. The minimum atomic E-state index is -0.452. The van der Waals surface area contributed by atoms with Gasteiger partial charge in [0.1, 0.15) is 0 Å². The summed E-state index contributed by atoms with van der Waals surface area (Å²) in [5, 5.41) is 0.663. The fourth-order valence-corrected chi connectivity index (χ4v) is 2.28. The standard InChI is InChI=1S/C12H13NO4/c14-10-8-3-1-2-4-9(8)11(15)13(10)17-12(16)7-5-6-7/h7H,1-6H2. The first-order chi connectivity index (χ1) is 8.18. The Hall–Kier alpha value is -1.65. The van der Waals surface area contributed by atoms with Gasteiger partial charge in [-0.1, -0.05) is 5.06 Å². The molecule has 1 heterocycles. The van der Waals surface area contributed by atoms with E-state index >= 15 is 0 Å². The molecule has 0 N–H and O–H groups in total. The van der Waals surface area contributed by atoms with Gasteiger partial charge in [0, 0.05) is 11.1 Å². The number of carbonyl (C=O) groups excluding carboxylic acids is 3. The van der Waals surface area contributed by atoms with Crippen LogP contribution in [0.15, 0.2) is 11.1 Å². The first-order valence-corrected chi connectivity index (χ1v) is 6.01. The van der Waals surface area contributed by atoms with Crippen molar-refractivity contribution in [2.45, 2.75) is 38.5 Å². The van der Waals surface area contributed by atoms with Gasteiger partial charge in [0.05, 0.1) is 5.92 Å². The summed E-state index contributed by atoms with van der Waals surface area (Å²) in [6.45, 7) is 0. The third-order valence-electron chi connectivity index (χ3n) is 3.45. The van der Waals surface area contributed by atoms with E-state index in [0.29, 0.717) is 29.1 Å². The van der Waals surface area contributed by atoms with Gasteiger partial charge in [-0.25, -0.2) is 4.79 Å². The van der Waals surface area contributed by atoms with E-state index in [1.807, 2.05) is 0 Å². The van der Waals surface area contributed by atoms with Gasteiger partial charge in [-0.2, -0.15) is 0 Å². The molecule has 0 spiro atoms. The Labute approximate surface area is 98.4 Å². The third-order valence-corrected chi connectivity index (χ3v) is 3.45. The lowest BCUT2D eigenvalue weighted by Gasteiger charge is -2.13. The summed E-state index contributed by atoms with van der Waals surface area (Å²) in [5.74, 6) is -1.43. The quantitative estimate of drug-likeness (QED) is 0.672. The first-order valence-electron chi connectivity index (χ1n) is 6.01. The van der Waals surface area contributed by atoms with Gasteiger partial charge in [-0.05, 0) is 38.5 Å². The third kappa shape index (κ3) is 1.66. The number of amides is 2. The number of carbonyl (C=O) groups is 3. The van der Waals surface area contributed by atoms with Gasteiger partial charge < -0.3 is 4.84 Å². The maximum Gasteiger partial charge on any atom is 0.336 e. The second-order valence-electron chi connectivity index (χ2n) is 4.75. The van der Waals surface area contributed by atoms with Crippen LogP contribution in [0.3, 0.4) is 0 Å². The molecule has 0 aromatic carbocycles. The van der Waals surface area contributed by atoms with Crippen molar-refractivity contribution in [2.75, 3.05) is 0 Å². The Kier molecular flexibility index (Phi) is 2.28. The van der Waals surface area contributed by atoms with E-state index in [1.54, 1.807) is 0 Å². The van der Waals surface area contributed by atoms with Crippen LogP contribution >= 0.6 is 0 Å². The van der Waals surface area contributed by atoms with Gasteiger partial charge in [0.2, 0.25) is 0 Å². The average Bonchev–Trinajstić information content (AvgIpc) is 3.15. The van der Waals surface area contributed by atoms with E-state index in [-0.39, 0.29) is 5.92 Å². The van der Waals surface area contributed by atoms with Crippen LogP contribution in [-0.4, -0.2) is 22.8 Å². The molecule has 1 aliphatic heterocycles. The Morgan fingerprint density at radius 1 is 1.06 bits per heavy atom. The molecule has 3 aliphatic rings. The summed E-state index contributed by atoms with van der Waals surface area (Å²) < 4.78 is 0. The highest BCUT2D eigenvalue weighted by Crippen LogP contribution is 2.35. The molecule has 0 atom stereocenters. The van der Waals surface area contributed by atoms with E-state index in [4.69, 9.17) is 4.84 Å². The molecule has 0 aromatic heterocycles. The topological polar surface area (TPSA) is 63.7 Å². The highest BCUT2D eigenvalue weighted by Gasteiger charge is 2.43. The lowest BCUT2D eigenvalue weighted by molar-refractivity contribution is -0.197. The monoisotopic (exact) mass is 235 g/mol. The summed E-state index contributed by atoms with van der Waals surface area (Å²) >= 11 is 0. The molecule has 0 radical (unpaired) electrons. The molecular formula is C12H13NO4. The number of rotatable bonds is 2. The van der Waals surface area contributed by atoms with Crippen LogP contribution < -0.4 is 0 Å². The number of hydroxylamine groups is 2. The summed E-state index contributed by atoms with van der Waals surface area (Å²) in [7, 11) is 0. The van der Waals surface area contributed by atoms with E-state index in [9.17, 15) is 14.4 Å². The first kappa shape index (κ1) is 10.5. The van der Waals surface area contributed by atoms with Gasteiger partial charge in [0.25, 0.3) is 11.8 Å². The molecule has 2 aliphatic carbocycles. The van der Waals surface area contributed by atoms with Crippen LogP contribution in [0.4, 0.5) is 0 Å². The van der Waals surface area contributed by atoms with Crippen molar-refractivity contribution in [1.82, 2.24) is 5.06 Å². The number of hydrogen-bond acceptors (Lipinski definition) is 4. The average molecular weight is 235 g/mol. The molecule has 5 nitrogen and oxygen atoms in total. The van der Waals surface area contributed by atoms with Gasteiger partial charge in [-0.15, -0.1) is 0 Å². The normalized spacial score (nSPS) is 24.1. The van der Waals surface area contributed by atoms with Crippen LogP contribution in [0, 0.1) is 5.92 Å². The number of imide groups is 1. The second-order valence-corrected chi connectivity index (χ2v) is 4.75. The molecule has 3 rings (SSSR count). The molecule has 0 saturated heterocycles. The smallest absolute Gasteiger partial charge is 0.329 e. The second kappa shape index (κ2) is 3.68. The summed E-state index contributed by atoms with van der Waals surface area (Å²) in [5.41, 5.74) is 1.09. The van der Waals surface area contributed by atoms with E-state index < -0.39 is 17.8 Å². The molecule has 5 heteroatoms. The fourth-order valence-electron chi connectivity index (χ4n) is 2.28. The molecule has 90 valence electrons. The lowest BCUT2D eigenvalue weighted by atomic mass is 9.93. The van der Waals surface area contributed by atoms with Gasteiger partial charge in [-0.3, -0.25) is 9.59 Å². The Bertz CT molecular complexity index is 419. The van der Waals surface area contributed by atoms with Crippen molar-refractivity contribution in [2.24, 2.45) is 5.92 Å². The van der Waals surface area contributed by atoms with Crippen molar-refractivity contribution in [1.29, 1.82) is 0 Å². The molecule has 2 amide bonds. The highest BCUT2D eigenvalue weighted by atomic mass is 16.7. The largest absolute Gasteiger partial charge is 0.336 e. The van der Waals surface area contributed by atoms with Crippen LogP contribution in [-0.2, 0) is 19.2 Å². The molecule has 0 aromatic rings. The van der Waals surface area contributed by atoms with Crippen LogP contribution in [0.5, 0.6) is 0 Å². The number of nitrogens with zero attached hydrogens (tertiary/aromatic N) is 1. The van der Waals surface area contributed by atoms with Crippen molar-refractivity contribution >= 4 is 17.8 Å². The van der Waals surface area contributed by atoms with E-state index in [0.717, 1.165) is 25.7 Å². The van der Waals surface area contributed by atoms with E-state index in [2.05, 4.69) is 0 Å². The molecular weight excluding hydrogens is 222 g/mol. The maximum absolute atomic E-state index is 11.9. The molecule has 0 unspecified atom stereocenters. The van der Waals surface area contributed by atoms with Crippen molar-refractivity contribution < 1.29 is 19.2 Å². The summed E-state index contributed by atoms with van der Waals surface area (Å²) in [6.07, 6.45) is 4.67. The Morgan fingerprint density at radius 2 is 1.59 bits per heavy atom. The summed E-state index contributed by atoms with van der Waals surface area (Å²) in [4.78, 5) is 40.2. The van der Waals surface area contributed by atoms with Crippen molar-refractivity contribution in [3.63, 3.8) is 0 Å². The van der Waals surface area contributed by atoms with E-state index in [1.165, 1.54) is 0 Å². The number of hydrogen-bond donors (Lipinski definition) is 0. The Morgan fingerprint density at radius 3 is 2.06 bits per heavy atom. The SMILES string of the molecule is O=C(ON1C(=O)C2=C(CCCC2)C1=O)C1CC1. The maximum atomic E-state index is 11.9. The zero-order valence-electron chi connectivity index (χ0n) is 9.40. The highest BCUT2D eigenvalue weighted by molar-refractivity contribution is 6.19.